The van der Waals surface area contributed by atoms with Crippen LogP contribution >= 0.6 is 0 Å². The molecule has 0 spiro atoms. The number of ether oxygens (including phenoxy) is 1. The zero-order valence-corrected chi connectivity index (χ0v) is 13.4. The van der Waals surface area contributed by atoms with Crippen LogP contribution in [0.2, 0.25) is 0 Å². The van der Waals surface area contributed by atoms with Crippen molar-refractivity contribution < 1.29 is 13.2 Å². The number of benzene rings is 1. The summed E-state index contributed by atoms with van der Waals surface area (Å²) in [6.07, 6.45) is 1.56. The van der Waals surface area contributed by atoms with Gasteiger partial charge in [-0.3, -0.25) is 0 Å². The SMILES string of the molecule is CCc1ccc(CN)cc1S(=O)(=O)NC(C)C1CCOC1. The number of hydrogen-bond acceptors (Lipinski definition) is 4. The Labute approximate surface area is 126 Å². The highest BCUT2D eigenvalue weighted by Crippen LogP contribution is 2.22. The van der Waals surface area contributed by atoms with Crippen LogP contribution in [0.3, 0.4) is 0 Å². The molecular formula is C15H24N2O3S. The van der Waals surface area contributed by atoms with Crippen LogP contribution in [-0.4, -0.2) is 27.7 Å². The summed E-state index contributed by atoms with van der Waals surface area (Å²) >= 11 is 0. The Morgan fingerprint density at radius 1 is 1.48 bits per heavy atom. The Hall–Kier alpha value is -0.950. The highest BCUT2D eigenvalue weighted by Gasteiger charge is 2.27. The number of sulfonamides is 1. The number of rotatable bonds is 6. The van der Waals surface area contributed by atoms with Crippen LogP contribution in [0.4, 0.5) is 0 Å². The van der Waals surface area contributed by atoms with Crippen molar-refractivity contribution in [3.8, 4) is 0 Å². The fourth-order valence-electron chi connectivity index (χ4n) is 2.62. The van der Waals surface area contributed by atoms with Crippen molar-refractivity contribution in [2.75, 3.05) is 13.2 Å². The van der Waals surface area contributed by atoms with E-state index in [0.717, 1.165) is 17.5 Å². The number of nitrogens with one attached hydrogen (secondary N) is 1. The van der Waals surface area contributed by atoms with Gasteiger partial charge in [0, 0.05) is 25.1 Å². The average Bonchev–Trinajstić information content (AvgIpc) is 3.00. The molecule has 21 heavy (non-hydrogen) atoms. The van der Waals surface area contributed by atoms with Gasteiger partial charge in [0.2, 0.25) is 10.0 Å². The molecule has 5 nitrogen and oxygen atoms in total. The van der Waals surface area contributed by atoms with Gasteiger partial charge in [-0.25, -0.2) is 13.1 Å². The summed E-state index contributed by atoms with van der Waals surface area (Å²) < 4.78 is 33.4. The maximum absolute atomic E-state index is 12.7. The maximum atomic E-state index is 12.7. The summed E-state index contributed by atoms with van der Waals surface area (Å²) in [6, 6.07) is 5.27. The lowest BCUT2D eigenvalue weighted by Gasteiger charge is -2.20. The Balaban J connectivity index is 2.25. The van der Waals surface area contributed by atoms with Gasteiger partial charge in [-0.2, -0.15) is 0 Å². The summed E-state index contributed by atoms with van der Waals surface area (Å²) in [4.78, 5) is 0.346. The summed E-state index contributed by atoms with van der Waals surface area (Å²) in [7, 11) is -3.53. The molecular weight excluding hydrogens is 288 g/mol. The number of nitrogens with two attached hydrogens (primary N) is 1. The predicted octanol–water partition coefficient (Wildman–Crippen LogP) is 1.41. The normalized spacial score (nSPS) is 20.6. The van der Waals surface area contributed by atoms with Crippen molar-refractivity contribution in [2.45, 2.75) is 44.2 Å². The first-order chi connectivity index (χ1) is 9.97. The predicted molar refractivity (Wildman–Crippen MR) is 82.4 cm³/mol. The highest BCUT2D eigenvalue weighted by atomic mass is 32.2. The fraction of sp³-hybridized carbons (Fsp3) is 0.600. The molecule has 6 heteroatoms. The van der Waals surface area contributed by atoms with Gasteiger partial charge in [0.05, 0.1) is 11.5 Å². The molecule has 0 amide bonds. The first-order valence-corrected chi connectivity index (χ1v) is 8.88. The van der Waals surface area contributed by atoms with Gasteiger partial charge in [0.25, 0.3) is 0 Å². The van der Waals surface area contributed by atoms with Crippen LogP contribution in [0.1, 0.15) is 31.4 Å². The molecule has 1 heterocycles. The standard InChI is InChI=1S/C15H24N2O3S/c1-3-13-5-4-12(9-16)8-15(13)21(18,19)17-11(2)14-6-7-20-10-14/h4-5,8,11,14,17H,3,6-7,9-10,16H2,1-2H3. The largest absolute Gasteiger partial charge is 0.381 e. The van der Waals surface area contributed by atoms with Gasteiger partial charge in [-0.05, 0) is 37.0 Å². The smallest absolute Gasteiger partial charge is 0.241 e. The molecule has 0 aliphatic carbocycles. The molecule has 118 valence electrons. The topological polar surface area (TPSA) is 81.4 Å². The molecule has 3 N–H and O–H groups in total. The van der Waals surface area contributed by atoms with Crippen LogP contribution in [0.15, 0.2) is 23.1 Å². The first-order valence-electron chi connectivity index (χ1n) is 7.40. The Morgan fingerprint density at radius 2 is 2.24 bits per heavy atom. The summed E-state index contributed by atoms with van der Waals surface area (Å²) in [6.45, 7) is 5.51. The third-order valence-electron chi connectivity index (χ3n) is 4.05. The molecule has 1 aromatic rings. The molecule has 1 aliphatic heterocycles. The van der Waals surface area contributed by atoms with Crippen molar-refractivity contribution in [1.82, 2.24) is 4.72 Å². The van der Waals surface area contributed by atoms with Crippen molar-refractivity contribution >= 4 is 10.0 Å². The lowest BCUT2D eigenvalue weighted by molar-refractivity contribution is 0.180. The Bertz CT molecular complexity index is 581. The summed E-state index contributed by atoms with van der Waals surface area (Å²) in [5.74, 6) is 0.238. The van der Waals surface area contributed by atoms with E-state index < -0.39 is 10.0 Å². The van der Waals surface area contributed by atoms with E-state index in [9.17, 15) is 8.42 Å². The van der Waals surface area contributed by atoms with E-state index in [1.165, 1.54) is 0 Å². The van der Waals surface area contributed by atoms with Crippen LogP contribution in [0, 0.1) is 5.92 Å². The minimum atomic E-state index is -3.53. The quantitative estimate of drug-likeness (QED) is 0.832. The third kappa shape index (κ3) is 3.83. The zero-order valence-electron chi connectivity index (χ0n) is 12.6. The summed E-state index contributed by atoms with van der Waals surface area (Å²) in [5.41, 5.74) is 7.26. The maximum Gasteiger partial charge on any atom is 0.241 e. The van der Waals surface area contributed by atoms with Crippen LogP contribution in [0.25, 0.3) is 0 Å². The molecule has 2 unspecified atom stereocenters. The van der Waals surface area contributed by atoms with Gasteiger partial charge in [-0.15, -0.1) is 0 Å². The minimum Gasteiger partial charge on any atom is -0.381 e. The first kappa shape index (κ1) is 16.4. The fourth-order valence-corrected chi connectivity index (χ4v) is 4.29. The Morgan fingerprint density at radius 3 is 2.81 bits per heavy atom. The van der Waals surface area contributed by atoms with E-state index in [1.807, 2.05) is 26.0 Å². The number of hydrogen-bond donors (Lipinski definition) is 2. The highest BCUT2D eigenvalue weighted by molar-refractivity contribution is 7.89. The molecule has 0 aromatic heterocycles. The lowest BCUT2D eigenvalue weighted by Crippen LogP contribution is -2.38. The second-order valence-corrected chi connectivity index (χ2v) is 7.22. The number of aryl methyl sites for hydroxylation is 1. The van der Waals surface area contributed by atoms with Crippen molar-refractivity contribution in [3.63, 3.8) is 0 Å². The van der Waals surface area contributed by atoms with Gasteiger partial charge in [0.1, 0.15) is 0 Å². The van der Waals surface area contributed by atoms with Gasteiger partial charge in [-0.1, -0.05) is 19.1 Å². The van der Waals surface area contributed by atoms with E-state index in [-0.39, 0.29) is 12.0 Å². The van der Waals surface area contributed by atoms with Crippen LogP contribution in [-0.2, 0) is 27.7 Å². The van der Waals surface area contributed by atoms with Crippen LogP contribution < -0.4 is 10.5 Å². The van der Waals surface area contributed by atoms with E-state index in [4.69, 9.17) is 10.5 Å². The van der Waals surface area contributed by atoms with Gasteiger partial charge in [0.15, 0.2) is 0 Å². The lowest BCUT2D eigenvalue weighted by atomic mass is 10.0. The molecule has 1 saturated heterocycles. The molecule has 2 atom stereocenters. The molecule has 1 fully saturated rings. The van der Waals surface area contributed by atoms with Crippen molar-refractivity contribution in [2.24, 2.45) is 11.7 Å². The van der Waals surface area contributed by atoms with E-state index in [2.05, 4.69) is 4.72 Å². The minimum absolute atomic E-state index is 0.135. The molecule has 1 aliphatic rings. The molecule has 2 rings (SSSR count). The molecule has 0 saturated carbocycles. The van der Waals surface area contributed by atoms with Gasteiger partial charge >= 0.3 is 0 Å². The van der Waals surface area contributed by atoms with Crippen molar-refractivity contribution in [1.29, 1.82) is 0 Å². The van der Waals surface area contributed by atoms with E-state index >= 15 is 0 Å². The average molecular weight is 312 g/mol. The molecule has 0 bridgehead atoms. The third-order valence-corrected chi connectivity index (χ3v) is 5.69. The van der Waals surface area contributed by atoms with Gasteiger partial charge < -0.3 is 10.5 Å². The van der Waals surface area contributed by atoms with E-state index in [0.29, 0.717) is 31.1 Å². The Kier molecular flexibility index (Phi) is 5.37. The van der Waals surface area contributed by atoms with Crippen LogP contribution in [0.5, 0.6) is 0 Å². The molecule has 1 aromatic carbocycles. The summed E-state index contributed by atoms with van der Waals surface area (Å²) in [5, 5.41) is 0. The second-order valence-electron chi connectivity index (χ2n) is 5.53. The zero-order chi connectivity index (χ0) is 15.5. The monoisotopic (exact) mass is 312 g/mol. The van der Waals surface area contributed by atoms with Crippen molar-refractivity contribution in [3.05, 3.63) is 29.3 Å². The van der Waals surface area contributed by atoms with E-state index in [1.54, 1.807) is 6.07 Å². The second kappa shape index (κ2) is 6.87. The molecule has 0 radical (unpaired) electrons.